The van der Waals surface area contributed by atoms with Crippen molar-refractivity contribution in [1.29, 1.82) is 5.26 Å². The zero-order valence-corrected chi connectivity index (χ0v) is 23.9. The molecule has 8 nitrogen and oxygen atoms in total. The summed E-state index contributed by atoms with van der Waals surface area (Å²) in [6, 6.07) is 7.23. The summed E-state index contributed by atoms with van der Waals surface area (Å²) in [5.41, 5.74) is 3.25. The van der Waals surface area contributed by atoms with Crippen molar-refractivity contribution in [3.63, 3.8) is 0 Å². The van der Waals surface area contributed by atoms with Crippen LogP contribution in [0, 0.1) is 22.6 Å². The first kappa shape index (κ1) is 27.7. The molecular weight excluding hydrogens is 517 g/mol. The molecule has 39 heavy (non-hydrogen) atoms. The van der Waals surface area contributed by atoms with Crippen molar-refractivity contribution in [3.8, 4) is 6.07 Å². The van der Waals surface area contributed by atoms with Crippen molar-refractivity contribution < 1.29 is 18.5 Å². The van der Waals surface area contributed by atoms with E-state index in [4.69, 9.17) is 14.7 Å². The molecule has 1 fully saturated rings. The van der Waals surface area contributed by atoms with Gasteiger partial charge in [-0.05, 0) is 81.9 Å². The number of nitriles is 1. The highest BCUT2D eigenvalue weighted by Crippen LogP contribution is 2.47. The molecule has 2 aromatic rings. The molecule has 1 spiro atoms. The average molecular weight is 554 g/mol. The number of carbonyl (C=O) groups is 1. The van der Waals surface area contributed by atoms with Crippen LogP contribution in [0.2, 0.25) is 0 Å². The molecule has 0 bridgehead atoms. The molecule has 0 saturated carbocycles. The zero-order valence-electron chi connectivity index (χ0n) is 23.1. The second kappa shape index (κ2) is 10.6. The van der Waals surface area contributed by atoms with Crippen molar-refractivity contribution in [1.82, 2.24) is 14.9 Å². The van der Waals surface area contributed by atoms with Gasteiger partial charge in [0, 0.05) is 36.4 Å². The largest absolute Gasteiger partial charge is 0.609 e. The van der Waals surface area contributed by atoms with Crippen LogP contribution >= 0.6 is 0 Å². The van der Waals surface area contributed by atoms with E-state index in [9.17, 15) is 19.0 Å². The van der Waals surface area contributed by atoms with Crippen LogP contribution < -0.4 is 4.90 Å². The summed E-state index contributed by atoms with van der Waals surface area (Å²) >= 11 is -1.37. The fraction of sp³-hybridized carbons (Fsp3) is 0.586. The number of hydrogen-bond acceptors (Lipinski definition) is 7. The fourth-order valence-corrected chi connectivity index (χ4v) is 6.76. The van der Waals surface area contributed by atoms with Crippen molar-refractivity contribution in [2.75, 3.05) is 30.8 Å². The molecule has 1 aromatic heterocycles. The van der Waals surface area contributed by atoms with Gasteiger partial charge in [-0.15, -0.1) is 0 Å². The SMILES string of the molecule is C[S+]([O-])c1nc2c(c(N3CCN(C(=O)OC(C)(C)C)[C@@H](CC#N)C3)n1)CC[C@@]1(CCc3c(F)cccc3C1)C2. The Hall–Kier alpha value is -2.90. The molecule has 3 aliphatic rings. The topological polar surface area (TPSA) is 105 Å². The number of fused-ring (bicyclic) bond motifs is 2. The lowest BCUT2D eigenvalue weighted by atomic mass is 9.63. The van der Waals surface area contributed by atoms with Crippen molar-refractivity contribution in [3.05, 3.63) is 46.4 Å². The fourth-order valence-electron chi connectivity index (χ4n) is 6.31. The first-order valence-electron chi connectivity index (χ1n) is 13.6. The maximum atomic E-state index is 14.4. The van der Waals surface area contributed by atoms with E-state index in [2.05, 4.69) is 11.0 Å². The van der Waals surface area contributed by atoms with Gasteiger partial charge in [-0.1, -0.05) is 12.1 Å². The average Bonchev–Trinajstić information content (AvgIpc) is 2.87. The predicted octanol–water partition coefficient (Wildman–Crippen LogP) is 4.36. The number of piperazine rings is 1. The monoisotopic (exact) mass is 553 g/mol. The molecular formula is C29H36FN5O3S. The summed E-state index contributed by atoms with van der Waals surface area (Å²) in [5, 5.41) is 9.81. The molecule has 0 radical (unpaired) electrons. The number of anilines is 1. The van der Waals surface area contributed by atoms with Crippen LogP contribution in [-0.4, -0.2) is 63.0 Å². The molecule has 1 amide bonds. The Kier molecular flexibility index (Phi) is 7.51. The predicted molar refractivity (Wildman–Crippen MR) is 146 cm³/mol. The Morgan fingerprint density at radius 2 is 1.97 bits per heavy atom. The van der Waals surface area contributed by atoms with Gasteiger partial charge in [-0.3, -0.25) is 0 Å². The summed E-state index contributed by atoms with van der Waals surface area (Å²) < 4.78 is 32.6. The quantitative estimate of drug-likeness (QED) is 0.411. The zero-order chi connectivity index (χ0) is 27.9. The van der Waals surface area contributed by atoms with Crippen LogP contribution in [0.1, 0.15) is 62.4 Å². The van der Waals surface area contributed by atoms with Gasteiger partial charge in [0.05, 0.1) is 24.2 Å². The minimum Gasteiger partial charge on any atom is -0.609 e. The van der Waals surface area contributed by atoms with E-state index in [-0.39, 0.29) is 23.7 Å². The number of aromatic nitrogens is 2. The third kappa shape index (κ3) is 5.71. The Morgan fingerprint density at radius 3 is 2.67 bits per heavy atom. The molecule has 10 heteroatoms. The second-order valence-corrected chi connectivity index (χ2v) is 13.3. The van der Waals surface area contributed by atoms with Gasteiger partial charge >= 0.3 is 11.2 Å². The van der Waals surface area contributed by atoms with E-state index >= 15 is 0 Å². The van der Waals surface area contributed by atoms with Crippen molar-refractivity contribution >= 4 is 23.1 Å². The van der Waals surface area contributed by atoms with E-state index in [0.29, 0.717) is 31.2 Å². The number of hydrogen-bond donors (Lipinski definition) is 0. The highest BCUT2D eigenvalue weighted by Gasteiger charge is 2.42. The maximum absolute atomic E-state index is 14.4. The van der Waals surface area contributed by atoms with Gasteiger partial charge in [0.2, 0.25) is 0 Å². The van der Waals surface area contributed by atoms with Crippen molar-refractivity contribution in [2.24, 2.45) is 5.41 Å². The summed E-state index contributed by atoms with van der Waals surface area (Å²) in [5.74, 6) is 0.637. The highest BCUT2D eigenvalue weighted by molar-refractivity contribution is 7.90. The number of amides is 1. The normalized spacial score (nSPS) is 23.6. The van der Waals surface area contributed by atoms with Crippen LogP contribution in [0.3, 0.4) is 0 Å². The molecule has 2 aliphatic carbocycles. The molecule has 1 aromatic carbocycles. The van der Waals surface area contributed by atoms with Crippen LogP contribution in [0.4, 0.5) is 15.0 Å². The molecule has 1 unspecified atom stereocenters. The third-order valence-electron chi connectivity index (χ3n) is 8.18. The number of carbonyl (C=O) groups excluding carboxylic acids is 1. The Labute approximate surface area is 232 Å². The third-order valence-corrected chi connectivity index (χ3v) is 8.88. The van der Waals surface area contributed by atoms with E-state index in [1.54, 1.807) is 17.2 Å². The smallest absolute Gasteiger partial charge is 0.410 e. The van der Waals surface area contributed by atoms with E-state index < -0.39 is 22.9 Å². The van der Waals surface area contributed by atoms with Crippen LogP contribution in [-0.2, 0) is 41.6 Å². The lowest BCUT2D eigenvalue weighted by Gasteiger charge is -2.44. The summed E-state index contributed by atoms with van der Waals surface area (Å²) in [6.07, 6.45) is 6.21. The van der Waals surface area contributed by atoms with Gasteiger partial charge in [0.1, 0.15) is 23.5 Å². The van der Waals surface area contributed by atoms with Crippen LogP contribution in [0.15, 0.2) is 23.4 Å². The van der Waals surface area contributed by atoms with Gasteiger partial charge in [-0.2, -0.15) is 15.2 Å². The Balaban J connectivity index is 1.43. The molecule has 5 rings (SSSR count). The molecule has 1 saturated heterocycles. The maximum Gasteiger partial charge on any atom is 0.410 e. The lowest BCUT2D eigenvalue weighted by Crippen LogP contribution is -2.56. The van der Waals surface area contributed by atoms with Gasteiger partial charge in [0.25, 0.3) is 0 Å². The standard InChI is InChI=1S/C29H36FN5O3S/c1-28(2,3)38-27(36)35-15-14-34(18-20(35)10-13-31)25-22-9-12-29(17-24(22)32-26(33-25)39(4)37)11-8-21-19(16-29)6-5-7-23(21)30/h5-7,20H,8-12,14-18H2,1-4H3/t20-,29+,39?/m0/s1. The van der Waals surface area contributed by atoms with Crippen LogP contribution in [0.5, 0.6) is 0 Å². The molecule has 208 valence electrons. The van der Waals surface area contributed by atoms with Crippen LogP contribution in [0.25, 0.3) is 0 Å². The Bertz CT molecular complexity index is 1310. The highest BCUT2D eigenvalue weighted by atomic mass is 32.2. The number of rotatable bonds is 3. The lowest BCUT2D eigenvalue weighted by molar-refractivity contribution is 0.0144. The second-order valence-electron chi connectivity index (χ2n) is 12.1. The van der Waals surface area contributed by atoms with E-state index in [1.165, 1.54) is 6.07 Å². The molecule has 2 heterocycles. The summed E-state index contributed by atoms with van der Waals surface area (Å²) in [6.45, 7) is 6.84. The van der Waals surface area contributed by atoms with Gasteiger partial charge in [0.15, 0.2) is 0 Å². The minimum atomic E-state index is -1.37. The van der Waals surface area contributed by atoms with Gasteiger partial charge < -0.3 is 19.1 Å². The number of halogens is 1. The molecule has 3 atom stereocenters. The number of nitrogens with zero attached hydrogens (tertiary/aromatic N) is 5. The first-order valence-corrected chi connectivity index (χ1v) is 15.2. The summed E-state index contributed by atoms with van der Waals surface area (Å²) in [7, 11) is 0. The number of benzene rings is 1. The van der Waals surface area contributed by atoms with E-state index in [1.807, 2.05) is 26.8 Å². The minimum absolute atomic E-state index is 0.00925. The first-order chi connectivity index (χ1) is 18.5. The Morgan fingerprint density at radius 1 is 1.23 bits per heavy atom. The van der Waals surface area contributed by atoms with Gasteiger partial charge in [-0.25, -0.2) is 9.18 Å². The summed E-state index contributed by atoms with van der Waals surface area (Å²) in [4.78, 5) is 26.2. The molecule has 1 aliphatic heterocycles. The molecule has 0 N–H and O–H groups in total. The van der Waals surface area contributed by atoms with E-state index in [0.717, 1.165) is 60.3 Å². The van der Waals surface area contributed by atoms with Crippen molar-refractivity contribution in [2.45, 2.75) is 82.5 Å². The number of ether oxygens (including phenoxy) is 1.